The Balaban J connectivity index is 0.000000140. The summed E-state index contributed by atoms with van der Waals surface area (Å²) in [7, 11) is 0. The molecule has 0 amide bonds. The second-order valence-corrected chi connectivity index (χ2v) is 32.6. The Morgan fingerprint density at radius 2 is 0.500 bits per heavy atom. The van der Waals surface area contributed by atoms with Crippen molar-refractivity contribution in [3.63, 3.8) is 0 Å². The van der Waals surface area contributed by atoms with E-state index in [9.17, 15) is 10.5 Å². The van der Waals surface area contributed by atoms with E-state index < -0.39 is 0 Å². The molecular weight excluding hydrogens is 1590 g/mol. The number of para-hydroxylation sites is 6. The minimum absolute atomic E-state index is 0.482. The lowest BCUT2D eigenvalue weighted by Crippen LogP contribution is -2.02. The lowest BCUT2D eigenvalue weighted by molar-refractivity contribution is 0.669. The van der Waals surface area contributed by atoms with Crippen LogP contribution in [-0.4, -0.2) is 48.2 Å². The molecular formula is C116H68N12O2. The van der Waals surface area contributed by atoms with E-state index in [2.05, 4.69) is 279 Å². The summed E-state index contributed by atoms with van der Waals surface area (Å²) in [5.41, 5.74) is 25.6. The van der Waals surface area contributed by atoms with Gasteiger partial charge in [0.05, 0.1) is 66.6 Å². The van der Waals surface area contributed by atoms with Crippen molar-refractivity contribution in [1.29, 1.82) is 10.5 Å². The van der Waals surface area contributed by atoms with Crippen molar-refractivity contribution in [2.45, 2.75) is 0 Å². The highest BCUT2D eigenvalue weighted by atomic mass is 16.3. The topological polar surface area (TPSA) is 171 Å². The van der Waals surface area contributed by atoms with Crippen molar-refractivity contribution >= 4 is 131 Å². The van der Waals surface area contributed by atoms with Crippen LogP contribution < -0.4 is 0 Å². The second-order valence-electron chi connectivity index (χ2n) is 32.6. The molecule has 130 heavy (non-hydrogen) atoms. The van der Waals surface area contributed by atoms with E-state index in [1.165, 1.54) is 10.8 Å². The first-order chi connectivity index (χ1) is 64.4. The number of benzene rings is 18. The largest absolute Gasteiger partial charge is 0.456 e. The van der Waals surface area contributed by atoms with E-state index in [4.69, 9.17) is 38.7 Å². The molecule has 0 aliphatic rings. The van der Waals surface area contributed by atoms with Crippen LogP contribution in [-0.2, 0) is 0 Å². The van der Waals surface area contributed by atoms with Crippen LogP contribution in [0, 0.1) is 22.7 Å². The van der Waals surface area contributed by atoms with Crippen molar-refractivity contribution in [2.75, 3.05) is 0 Å². The Kier molecular flexibility index (Phi) is 17.4. The van der Waals surface area contributed by atoms with Gasteiger partial charge in [0, 0.05) is 115 Å². The van der Waals surface area contributed by atoms with Crippen molar-refractivity contribution < 1.29 is 8.83 Å². The monoisotopic (exact) mass is 1660 g/mol. The number of furan rings is 2. The van der Waals surface area contributed by atoms with Crippen molar-refractivity contribution in [3.8, 4) is 125 Å². The highest BCUT2D eigenvalue weighted by Gasteiger charge is 2.28. The Labute approximate surface area is 742 Å². The molecule has 26 rings (SSSR count). The highest BCUT2D eigenvalue weighted by Crippen LogP contribution is 2.48. The Hall–Kier alpha value is -18.2. The summed E-state index contributed by atoms with van der Waals surface area (Å²) >= 11 is 0. The van der Waals surface area contributed by atoms with Crippen molar-refractivity contribution in [1.82, 2.24) is 48.2 Å². The van der Waals surface area contributed by atoms with Crippen LogP contribution in [0.1, 0.15) is 11.1 Å². The van der Waals surface area contributed by atoms with E-state index >= 15 is 0 Å². The molecule has 604 valence electrons. The van der Waals surface area contributed by atoms with Gasteiger partial charge in [0.25, 0.3) is 0 Å². The molecule has 0 N–H and O–H groups in total. The number of fused-ring (bicyclic) bond motifs is 20. The smallest absolute Gasteiger partial charge is 0.164 e. The molecule has 0 fully saturated rings. The standard InChI is InChI=1S/2C58H34N6O/c59-35-41-32-40(58-61-56(37-17-6-2-7-18-37)60-57(62-58)39-20-14-19-38(31-39)36-15-4-1-5-16-36)27-28-47(41)64-49-26-13-11-24-44(49)54-50(64)29-30-52-55(54)46-33-51-45(34-53(46)65-52)43-23-10-12-25-48(43)63(51)42-21-8-3-9-22-42;59-35-41-32-40(58-61-56(37-17-6-2-7-18-37)60-57(62-58)39-20-14-19-38(31-39)36-15-4-1-5-16-36)27-28-47(41)64-49-26-13-11-24-44(49)54-50(64)29-30-52-55(54)46-33-45-43-23-10-12-25-48(43)63(42-21-8-3-9-22-42)51(45)34-53(46)65-52/h2*1-34H. The molecule has 0 spiro atoms. The van der Waals surface area contributed by atoms with Crippen LogP contribution in [0.15, 0.2) is 421 Å². The Morgan fingerprint density at radius 1 is 0.185 bits per heavy atom. The Bertz CT molecular complexity index is 9190. The van der Waals surface area contributed by atoms with Crippen LogP contribution in [0.4, 0.5) is 0 Å². The zero-order chi connectivity index (χ0) is 86.0. The fraction of sp³-hybridized carbons (Fsp3) is 0. The minimum Gasteiger partial charge on any atom is -0.456 e. The molecule has 14 nitrogen and oxygen atoms in total. The van der Waals surface area contributed by atoms with Gasteiger partial charge < -0.3 is 27.1 Å². The van der Waals surface area contributed by atoms with Crippen LogP contribution in [0.25, 0.3) is 244 Å². The third-order valence-corrected chi connectivity index (χ3v) is 25.2. The van der Waals surface area contributed by atoms with Gasteiger partial charge in [0.2, 0.25) is 0 Å². The average Bonchev–Trinajstić information content (AvgIpc) is 1.55. The lowest BCUT2D eigenvalue weighted by Gasteiger charge is -2.13. The molecule has 26 aromatic rings. The molecule has 0 aliphatic heterocycles. The highest BCUT2D eigenvalue weighted by molar-refractivity contribution is 6.31. The molecule has 0 unspecified atom stereocenters. The molecule has 0 radical (unpaired) electrons. The van der Waals surface area contributed by atoms with Gasteiger partial charge in [-0.3, -0.25) is 0 Å². The maximum atomic E-state index is 11.0. The minimum atomic E-state index is 0.482. The summed E-state index contributed by atoms with van der Waals surface area (Å²) in [5.74, 6) is 3.17. The fourth-order valence-corrected chi connectivity index (χ4v) is 19.4. The van der Waals surface area contributed by atoms with Gasteiger partial charge in [-0.2, -0.15) is 10.5 Å². The summed E-state index contributed by atoms with van der Waals surface area (Å²) in [6.07, 6.45) is 0. The number of hydrogen-bond acceptors (Lipinski definition) is 10. The molecule has 0 saturated heterocycles. The van der Waals surface area contributed by atoms with Crippen LogP contribution >= 0.6 is 0 Å². The van der Waals surface area contributed by atoms with Crippen molar-refractivity contribution in [3.05, 3.63) is 424 Å². The van der Waals surface area contributed by atoms with Gasteiger partial charge in [-0.05, 0) is 162 Å². The van der Waals surface area contributed by atoms with Gasteiger partial charge >= 0.3 is 0 Å². The first kappa shape index (κ1) is 74.4. The maximum Gasteiger partial charge on any atom is 0.164 e. The third-order valence-electron chi connectivity index (χ3n) is 25.2. The number of rotatable bonds is 12. The molecule has 14 heteroatoms. The van der Waals surface area contributed by atoms with E-state index in [0.29, 0.717) is 57.2 Å². The van der Waals surface area contributed by atoms with Gasteiger partial charge in [-0.25, -0.2) is 29.9 Å². The van der Waals surface area contributed by atoms with E-state index in [1.807, 2.05) is 164 Å². The predicted molar refractivity (Wildman–Crippen MR) is 524 cm³/mol. The Morgan fingerprint density at radius 3 is 0.915 bits per heavy atom. The summed E-state index contributed by atoms with van der Waals surface area (Å²) < 4.78 is 22.5. The van der Waals surface area contributed by atoms with Crippen molar-refractivity contribution in [2.24, 2.45) is 0 Å². The molecule has 0 atom stereocenters. The van der Waals surface area contributed by atoms with Gasteiger partial charge in [-0.1, -0.05) is 267 Å². The first-order valence-corrected chi connectivity index (χ1v) is 43.2. The fourth-order valence-electron chi connectivity index (χ4n) is 19.4. The molecule has 0 aliphatic carbocycles. The zero-order valence-corrected chi connectivity index (χ0v) is 69.4. The predicted octanol–water partition coefficient (Wildman–Crippen LogP) is 29.0. The van der Waals surface area contributed by atoms with Gasteiger partial charge in [0.1, 0.15) is 34.5 Å². The number of nitrogens with zero attached hydrogens (tertiary/aromatic N) is 12. The normalized spacial score (nSPS) is 11.7. The van der Waals surface area contributed by atoms with Crippen LogP contribution in [0.2, 0.25) is 0 Å². The number of hydrogen-bond donors (Lipinski definition) is 0. The van der Waals surface area contributed by atoms with Crippen LogP contribution in [0.5, 0.6) is 0 Å². The zero-order valence-electron chi connectivity index (χ0n) is 69.4. The van der Waals surface area contributed by atoms with E-state index in [-0.39, 0.29) is 0 Å². The molecule has 0 bridgehead atoms. The summed E-state index contributed by atoms with van der Waals surface area (Å²) in [4.78, 5) is 30.2. The van der Waals surface area contributed by atoms with Gasteiger partial charge in [-0.15, -0.1) is 0 Å². The molecule has 0 saturated carbocycles. The number of nitriles is 2. The molecule has 18 aromatic carbocycles. The summed E-state index contributed by atoms with van der Waals surface area (Å²) in [5, 5.41) is 35.0. The maximum absolute atomic E-state index is 11.0. The van der Waals surface area contributed by atoms with Crippen LogP contribution in [0.3, 0.4) is 0 Å². The quantitative estimate of drug-likeness (QED) is 0.115. The SMILES string of the molecule is N#Cc1cc(-c2nc(-c3ccccc3)nc(-c3cccc(-c4ccccc4)c3)n2)ccc1-n1c2ccccc2c2c3c(ccc21)oc1cc2c(cc13)c1ccccc1n2-c1ccccc1.N#Cc1cc(-c2nc(-c3ccccc3)nc(-c3cccc(-c4ccccc4)c3)n2)ccc1-n1c2ccccc2c2c3c(ccc21)oc1cc2c4ccccc4n(-c4ccccc4)c2cc13. The number of aromatic nitrogens is 10. The molecule has 8 aromatic heterocycles. The van der Waals surface area contributed by atoms with Gasteiger partial charge in [0.15, 0.2) is 34.9 Å². The van der Waals surface area contributed by atoms with E-state index in [0.717, 1.165) is 188 Å². The molecule has 8 heterocycles. The summed E-state index contributed by atoms with van der Waals surface area (Å²) in [6, 6.07) is 146. The lowest BCUT2D eigenvalue weighted by atomic mass is 10.0. The third kappa shape index (κ3) is 12.2. The summed E-state index contributed by atoms with van der Waals surface area (Å²) in [6.45, 7) is 0. The average molecular weight is 1660 g/mol. The second kappa shape index (κ2) is 30.3. The first-order valence-electron chi connectivity index (χ1n) is 43.2. The van der Waals surface area contributed by atoms with E-state index in [1.54, 1.807) is 0 Å².